The number of nitrogens with zero attached hydrogens (tertiary/aromatic N) is 2. The van der Waals surface area contributed by atoms with E-state index in [1.165, 1.54) is 11.6 Å². The highest BCUT2D eigenvalue weighted by molar-refractivity contribution is 5.64. The van der Waals surface area contributed by atoms with Crippen LogP contribution in [0.25, 0.3) is 0 Å². The molecule has 0 aliphatic heterocycles. The first-order valence-corrected chi connectivity index (χ1v) is 6.63. The molecule has 0 saturated carbocycles. The number of rotatable bonds is 2. The summed E-state index contributed by atoms with van der Waals surface area (Å²) in [5.74, 6) is 0.317. The molecular formula is C16H14FN3. The molecule has 100 valence electrons. The molecule has 1 aromatic carbocycles. The molecule has 1 aliphatic carbocycles. The molecule has 0 fully saturated rings. The zero-order valence-electron chi connectivity index (χ0n) is 11.2. The quantitative estimate of drug-likeness (QED) is 0.903. The van der Waals surface area contributed by atoms with Crippen LogP contribution in [0.15, 0.2) is 24.3 Å². The van der Waals surface area contributed by atoms with E-state index in [1.807, 2.05) is 6.07 Å². The molecule has 20 heavy (non-hydrogen) atoms. The van der Waals surface area contributed by atoms with Crippen LogP contribution in [-0.2, 0) is 12.8 Å². The predicted octanol–water partition coefficient (Wildman–Crippen LogP) is 3.63. The normalized spacial score (nSPS) is 12.8. The Morgan fingerprint density at radius 1 is 1.30 bits per heavy atom. The van der Waals surface area contributed by atoms with Crippen molar-refractivity contribution in [3.63, 3.8) is 0 Å². The number of anilines is 2. The zero-order chi connectivity index (χ0) is 14.1. The van der Waals surface area contributed by atoms with Crippen molar-refractivity contribution in [2.24, 2.45) is 0 Å². The van der Waals surface area contributed by atoms with Crippen LogP contribution in [0, 0.1) is 24.1 Å². The lowest BCUT2D eigenvalue weighted by molar-refractivity contribution is 0.619. The smallest absolute Gasteiger partial charge is 0.148 e. The molecule has 2 aromatic rings. The Labute approximate surface area is 117 Å². The van der Waals surface area contributed by atoms with Gasteiger partial charge in [0.2, 0.25) is 0 Å². The van der Waals surface area contributed by atoms with Crippen molar-refractivity contribution in [2.45, 2.75) is 26.2 Å². The van der Waals surface area contributed by atoms with E-state index in [2.05, 4.69) is 16.4 Å². The fourth-order valence-corrected chi connectivity index (χ4v) is 2.51. The van der Waals surface area contributed by atoms with Gasteiger partial charge in [0.15, 0.2) is 0 Å². The van der Waals surface area contributed by atoms with E-state index in [0.29, 0.717) is 16.9 Å². The van der Waals surface area contributed by atoms with Crippen LogP contribution in [0.1, 0.15) is 28.8 Å². The van der Waals surface area contributed by atoms with Crippen LogP contribution in [0.3, 0.4) is 0 Å². The van der Waals surface area contributed by atoms with E-state index in [9.17, 15) is 9.65 Å². The van der Waals surface area contributed by atoms with Crippen molar-refractivity contribution in [3.05, 3.63) is 52.5 Å². The van der Waals surface area contributed by atoms with Gasteiger partial charge >= 0.3 is 0 Å². The van der Waals surface area contributed by atoms with E-state index in [-0.39, 0.29) is 5.82 Å². The Kier molecular flexibility index (Phi) is 3.11. The maximum absolute atomic E-state index is 13.3. The fraction of sp³-hybridized carbons (Fsp3) is 0.250. The van der Waals surface area contributed by atoms with Gasteiger partial charge in [0, 0.05) is 11.4 Å². The van der Waals surface area contributed by atoms with Crippen molar-refractivity contribution >= 4 is 11.5 Å². The van der Waals surface area contributed by atoms with Gasteiger partial charge in [0.25, 0.3) is 0 Å². The molecule has 0 radical (unpaired) electrons. The third-order valence-electron chi connectivity index (χ3n) is 3.59. The summed E-state index contributed by atoms with van der Waals surface area (Å²) >= 11 is 0. The van der Waals surface area contributed by atoms with Crippen molar-refractivity contribution in [1.29, 1.82) is 5.26 Å². The molecule has 1 heterocycles. The number of halogens is 1. The van der Waals surface area contributed by atoms with E-state index >= 15 is 0 Å². The summed E-state index contributed by atoms with van der Waals surface area (Å²) in [6.07, 6.45) is 3.04. The maximum Gasteiger partial charge on any atom is 0.148 e. The third kappa shape index (κ3) is 2.23. The second kappa shape index (κ2) is 4.93. The van der Waals surface area contributed by atoms with Crippen LogP contribution in [-0.4, -0.2) is 4.98 Å². The first-order chi connectivity index (χ1) is 9.67. The number of benzene rings is 1. The second-order valence-corrected chi connectivity index (χ2v) is 5.04. The minimum Gasteiger partial charge on any atom is -0.339 e. The molecule has 0 atom stereocenters. The van der Waals surface area contributed by atoms with Crippen LogP contribution in [0.4, 0.5) is 15.9 Å². The number of fused-ring (bicyclic) bond motifs is 1. The Bertz CT molecular complexity index is 716. The molecule has 0 amide bonds. The molecule has 4 heteroatoms. The van der Waals surface area contributed by atoms with Gasteiger partial charge in [-0.3, -0.25) is 0 Å². The summed E-state index contributed by atoms with van der Waals surface area (Å²) in [5.41, 5.74) is 4.07. The van der Waals surface area contributed by atoms with Gasteiger partial charge in [-0.15, -0.1) is 0 Å². The summed E-state index contributed by atoms with van der Waals surface area (Å²) in [7, 11) is 0. The molecule has 0 spiro atoms. The molecule has 3 rings (SSSR count). The van der Waals surface area contributed by atoms with Crippen molar-refractivity contribution in [3.8, 4) is 6.07 Å². The lowest BCUT2D eigenvalue weighted by Gasteiger charge is -2.10. The summed E-state index contributed by atoms with van der Waals surface area (Å²) in [5, 5.41) is 12.4. The number of aryl methyl sites for hydroxylation is 3. The number of nitriles is 1. The van der Waals surface area contributed by atoms with Crippen LogP contribution in [0.5, 0.6) is 0 Å². The molecule has 1 aromatic heterocycles. The molecule has 0 unspecified atom stereocenters. The zero-order valence-corrected chi connectivity index (χ0v) is 11.2. The average Bonchev–Trinajstić information content (AvgIpc) is 2.89. The standard InChI is InChI=1S/C16H14FN3/c1-10-7-13(5-6-14(10)17)19-16-12(9-18)8-11-3-2-4-15(11)20-16/h5-8H,2-4H2,1H3,(H,19,20). The molecule has 0 saturated heterocycles. The predicted molar refractivity (Wildman–Crippen MR) is 75.4 cm³/mol. The van der Waals surface area contributed by atoms with Crippen LogP contribution >= 0.6 is 0 Å². The highest BCUT2D eigenvalue weighted by atomic mass is 19.1. The van der Waals surface area contributed by atoms with Gasteiger partial charge in [0.05, 0.1) is 5.56 Å². The van der Waals surface area contributed by atoms with Crippen LogP contribution < -0.4 is 5.32 Å². The topological polar surface area (TPSA) is 48.7 Å². The summed E-state index contributed by atoms with van der Waals surface area (Å²) in [4.78, 5) is 4.54. The number of hydrogen-bond acceptors (Lipinski definition) is 3. The van der Waals surface area contributed by atoms with E-state index in [4.69, 9.17) is 0 Å². The van der Waals surface area contributed by atoms with Crippen molar-refractivity contribution < 1.29 is 4.39 Å². The minimum absolute atomic E-state index is 0.238. The monoisotopic (exact) mass is 267 g/mol. The van der Waals surface area contributed by atoms with Gasteiger partial charge in [-0.05, 0) is 61.6 Å². The number of hydrogen-bond donors (Lipinski definition) is 1. The Morgan fingerprint density at radius 2 is 2.15 bits per heavy atom. The first kappa shape index (κ1) is 12.6. The van der Waals surface area contributed by atoms with E-state index in [0.717, 1.165) is 30.6 Å². The average molecular weight is 267 g/mol. The molecule has 1 aliphatic rings. The summed E-state index contributed by atoms with van der Waals surface area (Å²) < 4.78 is 13.3. The number of nitrogens with one attached hydrogen (secondary N) is 1. The molecule has 0 bridgehead atoms. The lowest BCUT2D eigenvalue weighted by Crippen LogP contribution is -2.01. The fourth-order valence-electron chi connectivity index (χ4n) is 2.51. The van der Waals surface area contributed by atoms with Gasteiger partial charge in [-0.1, -0.05) is 0 Å². The Hall–Kier alpha value is -2.41. The van der Waals surface area contributed by atoms with Gasteiger partial charge in [-0.25, -0.2) is 9.37 Å². The lowest BCUT2D eigenvalue weighted by atomic mass is 10.1. The largest absolute Gasteiger partial charge is 0.339 e. The molecular weight excluding hydrogens is 253 g/mol. The van der Waals surface area contributed by atoms with Gasteiger partial charge in [-0.2, -0.15) is 5.26 Å². The summed E-state index contributed by atoms with van der Waals surface area (Å²) in [6.45, 7) is 1.71. The molecule has 1 N–H and O–H groups in total. The summed E-state index contributed by atoms with van der Waals surface area (Å²) in [6, 6.07) is 8.86. The van der Waals surface area contributed by atoms with E-state index < -0.39 is 0 Å². The van der Waals surface area contributed by atoms with Crippen molar-refractivity contribution in [2.75, 3.05) is 5.32 Å². The second-order valence-electron chi connectivity index (χ2n) is 5.04. The van der Waals surface area contributed by atoms with Gasteiger partial charge < -0.3 is 5.32 Å². The Morgan fingerprint density at radius 3 is 2.90 bits per heavy atom. The van der Waals surface area contributed by atoms with Crippen LogP contribution in [0.2, 0.25) is 0 Å². The number of pyridine rings is 1. The van der Waals surface area contributed by atoms with E-state index in [1.54, 1.807) is 19.1 Å². The Balaban J connectivity index is 1.98. The minimum atomic E-state index is -0.238. The number of aromatic nitrogens is 1. The highest BCUT2D eigenvalue weighted by Crippen LogP contribution is 2.27. The van der Waals surface area contributed by atoms with Crippen molar-refractivity contribution in [1.82, 2.24) is 4.98 Å². The SMILES string of the molecule is Cc1cc(Nc2nc3c(cc2C#N)CCC3)ccc1F. The third-order valence-corrected chi connectivity index (χ3v) is 3.59. The molecule has 3 nitrogen and oxygen atoms in total. The first-order valence-electron chi connectivity index (χ1n) is 6.63. The van der Waals surface area contributed by atoms with Gasteiger partial charge in [0.1, 0.15) is 17.7 Å². The highest BCUT2D eigenvalue weighted by Gasteiger charge is 2.16. The maximum atomic E-state index is 13.3.